The third-order valence-electron chi connectivity index (χ3n) is 7.71. The third-order valence-corrected chi connectivity index (χ3v) is 8.03. The molecule has 2 saturated heterocycles. The van der Waals surface area contributed by atoms with Crippen LogP contribution in [-0.2, 0) is 0 Å². The molecule has 0 saturated carbocycles. The predicted molar refractivity (Wildman–Crippen MR) is 148 cm³/mol. The van der Waals surface area contributed by atoms with Crippen LogP contribution in [0.5, 0.6) is 5.75 Å². The van der Waals surface area contributed by atoms with Crippen molar-refractivity contribution in [3.05, 3.63) is 98.3 Å². The first-order chi connectivity index (χ1) is 19.2. The number of amides is 2. The summed E-state index contributed by atoms with van der Waals surface area (Å²) < 4.78 is 24.9. The Kier molecular flexibility index (Phi) is 8.23. The number of ether oxygens (including phenoxy) is 1. The molecule has 3 heterocycles. The summed E-state index contributed by atoms with van der Waals surface area (Å²) >= 11 is 6.12. The number of hydrogen-bond donors (Lipinski definition) is 1. The lowest BCUT2D eigenvalue weighted by atomic mass is 10.0. The number of carbonyl (C=O) groups is 2. The number of nitrogens with one attached hydrogen (secondary N) is 1. The largest absolute Gasteiger partial charge is 0.424 e. The maximum absolute atomic E-state index is 14.3. The summed E-state index contributed by atoms with van der Waals surface area (Å²) in [5.74, 6) is 0.0924. The first-order valence-corrected chi connectivity index (χ1v) is 13.7. The average molecular weight is 568 g/mol. The molecule has 3 atom stereocenters. The van der Waals surface area contributed by atoms with E-state index < -0.39 is 17.5 Å². The summed E-state index contributed by atoms with van der Waals surface area (Å²) in [5.41, 5.74) is 0.912. The highest BCUT2D eigenvalue weighted by Crippen LogP contribution is 2.34. The molecule has 0 spiro atoms. The maximum atomic E-state index is 14.3. The van der Waals surface area contributed by atoms with E-state index in [9.17, 15) is 18.8 Å². The van der Waals surface area contributed by atoms with Gasteiger partial charge < -0.3 is 24.3 Å². The van der Waals surface area contributed by atoms with Crippen LogP contribution in [0.4, 0.5) is 9.18 Å². The molecular weight excluding hydrogens is 537 g/mol. The SMILES string of the molecule is Cc1cc(=O)oc(C)c1OC(=O)NC(CCN1CC2CN(C(=O)c3c(F)cccc3Cl)C[C@@H]2C1)c1ccccc1. The summed E-state index contributed by atoms with van der Waals surface area (Å²) in [6.07, 6.45) is 0.0154. The summed E-state index contributed by atoms with van der Waals surface area (Å²) in [6.45, 7) is 6.74. The highest BCUT2D eigenvalue weighted by molar-refractivity contribution is 6.33. The summed E-state index contributed by atoms with van der Waals surface area (Å²) in [6, 6.07) is 14.9. The van der Waals surface area contributed by atoms with Gasteiger partial charge in [0.15, 0.2) is 5.75 Å². The van der Waals surface area contributed by atoms with Crippen molar-refractivity contribution < 1.29 is 23.1 Å². The van der Waals surface area contributed by atoms with Gasteiger partial charge in [-0.1, -0.05) is 48.0 Å². The van der Waals surface area contributed by atoms with Gasteiger partial charge in [0.25, 0.3) is 5.91 Å². The molecule has 8 nitrogen and oxygen atoms in total. The second kappa shape index (κ2) is 11.8. The number of benzene rings is 2. The summed E-state index contributed by atoms with van der Waals surface area (Å²) in [5, 5.41) is 3.10. The Bertz CT molecular complexity index is 1400. The van der Waals surface area contributed by atoms with E-state index in [0.717, 1.165) is 25.2 Å². The van der Waals surface area contributed by atoms with E-state index >= 15 is 0 Å². The van der Waals surface area contributed by atoms with Crippen LogP contribution in [0.2, 0.25) is 5.02 Å². The van der Waals surface area contributed by atoms with Crippen LogP contribution in [0, 0.1) is 31.5 Å². The fourth-order valence-corrected chi connectivity index (χ4v) is 6.03. The summed E-state index contributed by atoms with van der Waals surface area (Å²) in [4.78, 5) is 41.5. The molecule has 3 aromatic rings. The lowest BCUT2D eigenvalue weighted by Gasteiger charge is -2.25. The van der Waals surface area contributed by atoms with Gasteiger partial charge in [-0.2, -0.15) is 0 Å². The van der Waals surface area contributed by atoms with E-state index in [0.29, 0.717) is 36.9 Å². The Morgan fingerprint density at radius 3 is 2.42 bits per heavy atom. The minimum atomic E-state index is -0.631. The summed E-state index contributed by atoms with van der Waals surface area (Å²) in [7, 11) is 0. The molecule has 10 heteroatoms. The smallest absolute Gasteiger partial charge is 0.413 e. The van der Waals surface area contributed by atoms with Crippen LogP contribution < -0.4 is 15.7 Å². The van der Waals surface area contributed by atoms with Crippen LogP contribution in [0.25, 0.3) is 0 Å². The molecule has 2 aliphatic heterocycles. The minimum absolute atomic E-state index is 0.0623. The van der Waals surface area contributed by atoms with Crippen LogP contribution in [0.3, 0.4) is 0 Å². The van der Waals surface area contributed by atoms with Gasteiger partial charge in [0.2, 0.25) is 0 Å². The highest BCUT2D eigenvalue weighted by atomic mass is 35.5. The molecule has 1 N–H and O–H groups in total. The van der Waals surface area contributed by atoms with E-state index in [-0.39, 0.29) is 34.0 Å². The molecule has 2 aromatic carbocycles. The van der Waals surface area contributed by atoms with Crippen LogP contribution in [-0.4, -0.2) is 54.5 Å². The van der Waals surface area contributed by atoms with E-state index in [2.05, 4.69) is 10.2 Å². The zero-order chi connectivity index (χ0) is 28.4. The zero-order valence-electron chi connectivity index (χ0n) is 22.4. The monoisotopic (exact) mass is 567 g/mol. The van der Waals surface area contributed by atoms with E-state index in [4.69, 9.17) is 20.8 Å². The lowest BCUT2D eigenvalue weighted by Crippen LogP contribution is -2.36. The van der Waals surface area contributed by atoms with E-state index in [1.54, 1.807) is 18.7 Å². The Balaban J connectivity index is 1.19. The molecule has 2 aliphatic rings. The predicted octanol–water partition coefficient (Wildman–Crippen LogP) is 4.97. The molecule has 0 radical (unpaired) electrons. The van der Waals surface area contributed by atoms with Crippen molar-refractivity contribution in [2.75, 3.05) is 32.7 Å². The maximum Gasteiger partial charge on any atom is 0.413 e. The van der Waals surface area contributed by atoms with Crippen molar-refractivity contribution in [1.29, 1.82) is 0 Å². The number of aryl methyl sites for hydroxylation is 2. The van der Waals surface area contributed by atoms with Gasteiger partial charge in [0.1, 0.15) is 11.6 Å². The minimum Gasteiger partial charge on any atom is -0.424 e. The molecular formula is C30H31ClFN3O5. The fraction of sp³-hybridized carbons (Fsp3) is 0.367. The lowest BCUT2D eigenvalue weighted by molar-refractivity contribution is 0.0769. The molecule has 2 unspecified atom stereocenters. The first-order valence-electron chi connectivity index (χ1n) is 13.3. The Labute approximate surface area is 236 Å². The number of carbonyl (C=O) groups excluding carboxylic acids is 2. The number of halogens is 2. The van der Waals surface area contributed by atoms with Gasteiger partial charge in [-0.25, -0.2) is 14.0 Å². The number of likely N-dealkylation sites (tertiary alicyclic amines) is 2. The third kappa shape index (κ3) is 6.05. The Morgan fingerprint density at radius 2 is 1.77 bits per heavy atom. The van der Waals surface area contributed by atoms with E-state index in [1.165, 1.54) is 24.3 Å². The second-order valence-electron chi connectivity index (χ2n) is 10.5. The number of hydrogen-bond acceptors (Lipinski definition) is 6. The Morgan fingerprint density at radius 1 is 1.07 bits per heavy atom. The molecule has 1 aromatic heterocycles. The fourth-order valence-electron chi connectivity index (χ4n) is 5.78. The normalized spacial score (nSPS) is 19.4. The molecule has 40 heavy (non-hydrogen) atoms. The molecule has 2 amide bonds. The van der Waals surface area contributed by atoms with Crippen molar-refractivity contribution in [2.24, 2.45) is 11.8 Å². The molecule has 0 aliphatic carbocycles. The van der Waals surface area contributed by atoms with Crippen LogP contribution in [0.15, 0.2) is 63.8 Å². The number of fused-ring (bicyclic) bond motifs is 1. The van der Waals surface area contributed by atoms with Gasteiger partial charge in [0, 0.05) is 44.4 Å². The standard InChI is InChI=1S/C30H31ClFN3O5/c1-18-13-26(36)39-19(2)28(18)40-30(38)33-25(20-7-4-3-5-8-20)11-12-34-14-21-16-35(17-22(21)15-34)29(37)27-23(31)9-6-10-24(27)32/h3-10,13,21-22,25H,11-12,14-17H2,1-2H3,(H,33,38)/t21-,22?,25?/m0/s1. The topological polar surface area (TPSA) is 92.1 Å². The van der Waals surface area contributed by atoms with Gasteiger partial charge in [-0.05, 0) is 49.8 Å². The number of rotatable bonds is 7. The van der Waals surface area contributed by atoms with Crippen LogP contribution >= 0.6 is 11.6 Å². The first kappa shape index (κ1) is 27.9. The van der Waals surface area contributed by atoms with Gasteiger partial charge in [-0.15, -0.1) is 0 Å². The molecule has 210 valence electrons. The molecule has 5 rings (SSSR count). The van der Waals surface area contributed by atoms with Crippen molar-refractivity contribution in [2.45, 2.75) is 26.3 Å². The molecule has 0 bridgehead atoms. The van der Waals surface area contributed by atoms with Gasteiger partial charge in [-0.3, -0.25) is 4.79 Å². The zero-order valence-corrected chi connectivity index (χ0v) is 23.1. The van der Waals surface area contributed by atoms with Gasteiger partial charge in [0.05, 0.1) is 16.6 Å². The van der Waals surface area contributed by atoms with E-state index in [1.807, 2.05) is 30.3 Å². The quantitative estimate of drug-likeness (QED) is 0.433. The Hall–Kier alpha value is -3.69. The van der Waals surface area contributed by atoms with Crippen molar-refractivity contribution in [3.8, 4) is 5.75 Å². The van der Waals surface area contributed by atoms with Crippen LogP contribution in [0.1, 0.15) is 39.7 Å². The van der Waals surface area contributed by atoms with Gasteiger partial charge >= 0.3 is 11.7 Å². The highest BCUT2D eigenvalue weighted by Gasteiger charge is 2.42. The molecule has 2 fully saturated rings. The van der Waals surface area contributed by atoms with Crippen molar-refractivity contribution in [1.82, 2.24) is 15.1 Å². The van der Waals surface area contributed by atoms with Crippen molar-refractivity contribution >= 4 is 23.6 Å². The number of nitrogens with zero attached hydrogens (tertiary/aromatic N) is 2. The van der Waals surface area contributed by atoms with Crippen molar-refractivity contribution in [3.63, 3.8) is 0 Å². The second-order valence-corrected chi connectivity index (χ2v) is 10.9. The average Bonchev–Trinajstić information content (AvgIpc) is 3.48.